The van der Waals surface area contributed by atoms with Gasteiger partial charge in [-0.3, -0.25) is 4.79 Å². The van der Waals surface area contributed by atoms with Gasteiger partial charge in [-0.1, -0.05) is 51.1 Å². The van der Waals surface area contributed by atoms with Crippen molar-refractivity contribution in [1.82, 2.24) is 14.9 Å². The molecule has 0 bridgehead atoms. The fourth-order valence-corrected chi connectivity index (χ4v) is 5.76. The molecule has 4 rings (SSSR count). The largest absolute Gasteiger partial charge is 0.479 e. The predicted molar refractivity (Wildman–Crippen MR) is 170 cm³/mol. The van der Waals surface area contributed by atoms with Crippen LogP contribution in [0.15, 0.2) is 85.5 Å². The molecule has 0 radical (unpaired) electrons. The minimum atomic E-state index is -3.55. The number of nitrogens with zero attached hydrogens (tertiary/aromatic N) is 2. The summed E-state index contributed by atoms with van der Waals surface area (Å²) in [6.07, 6.45) is 7.64. The van der Waals surface area contributed by atoms with Gasteiger partial charge in [0.05, 0.1) is 12.1 Å². The van der Waals surface area contributed by atoms with Gasteiger partial charge in [0, 0.05) is 30.8 Å². The number of hydrogen-bond acceptors (Lipinski definition) is 5. The molecule has 8 nitrogen and oxygen atoms in total. The Balaban J connectivity index is 1.84. The Bertz CT molecular complexity index is 1810. The minimum Gasteiger partial charge on any atom is -0.479 e. The Morgan fingerprint density at radius 2 is 1.60 bits per heavy atom. The smallest absolute Gasteiger partial charge is 0.330 e. The van der Waals surface area contributed by atoms with Gasteiger partial charge in [0.25, 0.3) is 5.91 Å². The number of carboxylic acids is 1. The van der Waals surface area contributed by atoms with Crippen LogP contribution in [0.1, 0.15) is 48.7 Å². The highest BCUT2D eigenvalue weighted by Crippen LogP contribution is 2.36. The lowest BCUT2D eigenvalue weighted by atomic mass is 9.71. The van der Waals surface area contributed by atoms with E-state index in [-0.39, 0.29) is 17.8 Å². The molecule has 0 unspecified atom stereocenters. The molecule has 0 saturated heterocycles. The highest BCUT2D eigenvalue weighted by Gasteiger charge is 2.50. The molecular formula is C34H35F2N3O5S. The number of hydrogen-bond donors (Lipinski definition) is 2. The van der Waals surface area contributed by atoms with E-state index in [2.05, 4.69) is 10.3 Å². The van der Waals surface area contributed by atoms with E-state index in [0.29, 0.717) is 23.2 Å². The van der Waals surface area contributed by atoms with Crippen LogP contribution in [0.3, 0.4) is 0 Å². The van der Waals surface area contributed by atoms with Gasteiger partial charge in [-0.2, -0.15) is 0 Å². The minimum absolute atomic E-state index is 0.117. The van der Waals surface area contributed by atoms with Crippen molar-refractivity contribution in [3.63, 3.8) is 0 Å². The Morgan fingerprint density at radius 3 is 2.13 bits per heavy atom. The lowest BCUT2D eigenvalue weighted by molar-refractivity contribution is -0.149. The van der Waals surface area contributed by atoms with E-state index in [1.165, 1.54) is 36.4 Å². The van der Waals surface area contributed by atoms with Gasteiger partial charge in [-0.15, -0.1) is 0 Å². The first-order valence-electron chi connectivity index (χ1n) is 14.1. The second kappa shape index (κ2) is 13.2. The monoisotopic (exact) mass is 635 g/mol. The average molecular weight is 636 g/mol. The number of imidazole rings is 1. The van der Waals surface area contributed by atoms with Gasteiger partial charge in [0.15, 0.2) is 0 Å². The molecule has 11 heteroatoms. The number of rotatable bonds is 11. The standard InChI is InChI=1S/C34H35F2N3O5S/c1-33(2,3)34(32(41)42,15-18-45(4,43)44)38-31(40)29-14-5-23(20-30(29)25-8-12-28(36)13-9-25)19-26(21-39-17-16-37-22-39)24-6-10-27(35)11-7-24/h5-14,16-17,19-20,22H,15,18,21H2,1-4H3,(H,38,40)(H,41,42)/t34-/m1/s1. The summed E-state index contributed by atoms with van der Waals surface area (Å²) < 4.78 is 53.5. The maximum Gasteiger partial charge on any atom is 0.330 e. The molecule has 4 aromatic rings. The van der Waals surface area contributed by atoms with Crippen LogP contribution in [0.5, 0.6) is 0 Å². The number of sulfone groups is 1. The highest BCUT2D eigenvalue weighted by atomic mass is 32.2. The van der Waals surface area contributed by atoms with E-state index in [1.54, 1.807) is 69.8 Å². The van der Waals surface area contributed by atoms with E-state index in [4.69, 9.17) is 0 Å². The van der Waals surface area contributed by atoms with Crippen LogP contribution in [0.2, 0.25) is 0 Å². The molecule has 0 spiro atoms. The first kappa shape index (κ1) is 33.3. The maximum atomic E-state index is 13.9. The normalized spacial score (nSPS) is 13.7. The summed E-state index contributed by atoms with van der Waals surface area (Å²) in [5.74, 6) is -3.39. The zero-order valence-electron chi connectivity index (χ0n) is 25.4. The number of carbonyl (C=O) groups is 2. The van der Waals surface area contributed by atoms with Gasteiger partial charge < -0.3 is 15.0 Å². The molecular weight excluding hydrogens is 600 g/mol. The first-order valence-corrected chi connectivity index (χ1v) is 16.2. The molecule has 0 saturated carbocycles. The maximum absolute atomic E-state index is 13.9. The molecule has 3 aromatic carbocycles. The van der Waals surface area contributed by atoms with Crippen LogP contribution >= 0.6 is 0 Å². The van der Waals surface area contributed by atoms with Crippen LogP contribution in [0, 0.1) is 17.0 Å². The van der Waals surface area contributed by atoms with Crippen molar-refractivity contribution in [2.45, 2.75) is 39.3 Å². The van der Waals surface area contributed by atoms with E-state index < -0.39 is 44.2 Å². The fraction of sp³-hybridized carbons (Fsp3) is 0.265. The van der Waals surface area contributed by atoms with Crippen LogP contribution in [0.25, 0.3) is 22.8 Å². The quantitative estimate of drug-likeness (QED) is 0.192. The number of carboxylic acid groups (broad SMARTS) is 1. The SMILES string of the molecule is CC(C)(C)[C@](CCS(C)(=O)=O)(NC(=O)c1ccc(C=C(Cn2ccnc2)c2ccc(F)cc2)cc1-c1ccc(F)cc1)C(=O)O. The first-order chi connectivity index (χ1) is 21.1. The molecule has 236 valence electrons. The van der Waals surface area contributed by atoms with Crippen molar-refractivity contribution in [2.75, 3.05) is 12.0 Å². The zero-order chi connectivity index (χ0) is 33.0. The fourth-order valence-electron chi connectivity index (χ4n) is 5.09. The van der Waals surface area contributed by atoms with Crippen LogP contribution < -0.4 is 5.32 Å². The Morgan fingerprint density at radius 1 is 0.978 bits per heavy atom. The Hall–Kier alpha value is -4.64. The summed E-state index contributed by atoms with van der Waals surface area (Å²) in [5, 5.41) is 13.0. The summed E-state index contributed by atoms with van der Waals surface area (Å²) in [7, 11) is -3.55. The van der Waals surface area contributed by atoms with Crippen LogP contribution in [-0.4, -0.2) is 52.5 Å². The third-order valence-electron chi connectivity index (χ3n) is 7.73. The molecule has 45 heavy (non-hydrogen) atoms. The van der Waals surface area contributed by atoms with Gasteiger partial charge >= 0.3 is 5.97 Å². The van der Waals surface area contributed by atoms with Crippen molar-refractivity contribution in [3.8, 4) is 11.1 Å². The summed E-state index contributed by atoms with van der Waals surface area (Å²) in [6, 6.07) is 16.6. The van der Waals surface area contributed by atoms with E-state index in [0.717, 1.165) is 17.4 Å². The van der Waals surface area contributed by atoms with Crippen molar-refractivity contribution in [1.29, 1.82) is 0 Å². The van der Waals surface area contributed by atoms with Crippen LogP contribution in [-0.2, 0) is 21.2 Å². The second-order valence-corrected chi connectivity index (χ2v) is 14.3. The average Bonchev–Trinajstić information content (AvgIpc) is 3.47. The second-order valence-electron chi connectivity index (χ2n) is 12.0. The Labute approximate surface area is 261 Å². The number of allylic oxidation sites excluding steroid dienone is 1. The zero-order valence-corrected chi connectivity index (χ0v) is 26.2. The van der Waals surface area contributed by atoms with Crippen molar-refractivity contribution < 1.29 is 31.9 Å². The Kier molecular flexibility index (Phi) is 9.72. The van der Waals surface area contributed by atoms with E-state index >= 15 is 0 Å². The highest BCUT2D eigenvalue weighted by molar-refractivity contribution is 7.90. The third-order valence-corrected chi connectivity index (χ3v) is 8.68. The summed E-state index contributed by atoms with van der Waals surface area (Å²) >= 11 is 0. The molecule has 1 heterocycles. The third kappa shape index (κ3) is 8.10. The number of benzene rings is 3. The van der Waals surface area contributed by atoms with Crippen molar-refractivity contribution >= 4 is 33.4 Å². The summed E-state index contributed by atoms with van der Waals surface area (Å²) in [5.41, 5.74) is 0.266. The molecule has 1 atom stereocenters. The molecule has 2 N–H and O–H groups in total. The number of aromatic nitrogens is 2. The number of aliphatic carboxylic acids is 1. The number of carbonyl (C=O) groups excluding carboxylic acids is 1. The molecule has 1 aromatic heterocycles. The van der Waals surface area contributed by atoms with E-state index in [1.807, 2.05) is 10.6 Å². The van der Waals surface area contributed by atoms with Crippen molar-refractivity contribution in [2.24, 2.45) is 5.41 Å². The van der Waals surface area contributed by atoms with Crippen molar-refractivity contribution in [3.05, 3.63) is 114 Å². The van der Waals surface area contributed by atoms with Gasteiger partial charge in [-0.05, 0) is 82.1 Å². The molecule has 0 aliphatic carbocycles. The summed E-state index contributed by atoms with van der Waals surface area (Å²) in [6.45, 7) is 5.27. The van der Waals surface area contributed by atoms with Gasteiger partial charge in [0.2, 0.25) is 0 Å². The molecule has 1 amide bonds. The number of nitrogens with one attached hydrogen (secondary N) is 1. The number of halogens is 2. The lowest BCUT2D eigenvalue weighted by Crippen LogP contribution is -2.63. The van der Waals surface area contributed by atoms with Gasteiger partial charge in [0.1, 0.15) is 27.0 Å². The molecule has 0 aliphatic rings. The summed E-state index contributed by atoms with van der Waals surface area (Å²) in [4.78, 5) is 30.7. The topological polar surface area (TPSA) is 118 Å². The molecule has 0 fully saturated rings. The molecule has 0 aliphatic heterocycles. The number of amides is 1. The van der Waals surface area contributed by atoms with Gasteiger partial charge in [-0.25, -0.2) is 27.0 Å². The van der Waals surface area contributed by atoms with Crippen LogP contribution in [0.4, 0.5) is 8.78 Å². The predicted octanol–water partition coefficient (Wildman–Crippen LogP) is 6.10. The van der Waals surface area contributed by atoms with E-state index in [9.17, 15) is 31.9 Å². The lowest BCUT2D eigenvalue weighted by Gasteiger charge is -2.41.